The average molecular weight is 368 g/mol. The van der Waals surface area contributed by atoms with Crippen LogP contribution in [-0.4, -0.2) is 28.4 Å². The number of rotatable bonds is 4. The Kier molecular flexibility index (Phi) is 4.04. The zero-order valence-electron chi connectivity index (χ0n) is 14.2. The Balaban J connectivity index is 1.81. The number of hydrogen-bond donors (Lipinski definition) is 3. The predicted molar refractivity (Wildman–Crippen MR) is 92.9 cm³/mol. The van der Waals surface area contributed by atoms with E-state index in [1.807, 2.05) is 6.07 Å². The van der Waals surface area contributed by atoms with Gasteiger partial charge in [-0.2, -0.15) is 0 Å². The summed E-state index contributed by atoms with van der Waals surface area (Å²) in [7, 11) is 0. The summed E-state index contributed by atoms with van der Waals surface area (Å²) >= 11 is 0. The van der Waals surface area contributed by atoms with Crippen LogP contribution in [0.5, 0.6) is 0 Å². The minimum atomic E-state index is -1.64. The second-order valence-corrected chi connectivity index (χ2v) is 6.97. The second-order valence-electron chi connectivity index (χ2n) is 6.97. The maximum absolute atomic E-state index is 13.3. The maximum Gasteiger partial charge on any atom is 0.325 e. The van der Waals surface area contributed by atoms with E-state index in [2.05, 4.69) is 10.6 Å². The number of carboxylic acids is 1. The third-order valence-electron chi connectivity index (χ3n) is 5.43. The van der Waals surface area contributed by atoms with Gasteiger partial charge in [-0.1, -0.05) is 42.5 Å². The third kappa shape index (κ3) is 2.71. The molecular weight excluding hydrogens is 351 g/mol. The number of imide groups is 1. The lowest BCUT2D eigenvalue weighted by atomic mass is 9.76. The first-order valence-electron chi connectivity index (χ1n) is 8.57. The van der Waals surface area contributed by atoms with Crippen molar-refractivity contribution in [3.63, 3.8) is 0 Å². The van der Waals surface area contributed by atoms with E-state index in [0.29, 0.717) is 5.56 Å². The molecule has 0 spiro atoms. The number of carbonyl (C=O) groups is 3. The largest absolute Gasteiger partial charge is 0.480 e. The van der Waals surface area contributed by atoms with Crippen molar-refractivity contribution < 1.29 is 23.9 Å². The van der Waals surface area contributed by atoms with Crippen LogP contribution in [0.4, 0.5) is 4.39 Å². The average Bonchev–Trinajstić information content (AvgIpc) is 3.14. The first kappa shape index (κ1) is 17.4. The predicted octanol–water partition coefficient (Wildman–Crippen LogP) is 1.42. The van der Waals surface area contributed by atoms with Gasteiger partial charge < -0.3 is 5.11 Å². The van der Waals surface area contributed by atoms with Crippen molar-refractivity contribution in [2.75, 3.05) is 0 Å². The molecule has 2 aromatic rings. The zero-order valence-corrected chi connectivity index (χ0v) is 14.2. The molecule has 6 nitrogen and oxygen atoms in total. The number of fused-ring (bicyclic) bond motifs is 1. The monoisotopic (exact) mass is 368 g/mol. The lowest BCUT2D eigenvalue weighted by Gasteiger charge is -2.30. The van der Waals surface area contributed by atoms with Crippen LogP contribution in [0.3, 0.4) is 0 Å². The Morgan fingerprint density at radius 1 is 1.04 bits per heavy atom. The van der Waals surface area contributed by atoms with Gasteiger partial charge in [0, 0.05) is 12.5 Å². The fourth-order valence-corrected chi connectivity index (χ4v) is 4.24. The molecule has 7 heteroatoms. The van der Waals surface area contributed by atoms with Crippen molar-refractivity contribution in [3.05, 3.63) is 71.5 Å². The molecule has 4 rings (SSSR count). The summed E-state index contributed by atoms with van der Waals surface area (Å²) in [5.41, 5.74) is -0.341. The molecule has 2 aliphatic heterocycles. The summed E-state index contributed by atoms with van der Waals surface area (Å²) in [6.45, 7) is 0. The molecule has 2 saturated heterocycles. The van der Waals surface area contributed by atoms with Crippen LogP contribution in [0.15, 0.2) is 54.6 Å². The highest BCUT2D eigenvalue weighted by atomic mass is 19.1. The van der Waals surface area contributed by atoms with Gasteiger partial charge in [-0.15, -0.1) is 0 Å². The smallest absolute Gasteiger partial charge is 0.325 e. The van der Waals surface area contributed by atoms with Crippen LogP contribution in [0, 0.1) is 17.7 Å². The SMILES string of the molecule is O=C1NC(=O)C2C1C(c1ccc(F)cc1)NC2(Cc1ccccc1)C(=O)O. The number of carbonyl (C=O) groups excluding carboxylic acids is 2. The highest BCUT2D eigenvalue weighted by Gasteiger charge is 2.66. The molecule has 0 aliphatic carbocycles. The first-order chi connectivity index (χ1) is 12.9. The van der Waals surface area contributed by atoms with Gasteiger partial charge in [0.05, 0.1) is 11.8 Å². The Morgan fingerprint density at radius 2 is 1.70 bits per heavy atom. The van der Waals surface area contributed by atoms with Crippen LogP contribution in [0.2, 0.25) is 0 Å². The molecule has 27 heavy (non-hydrogen) atoms. The van der Waals surface area contributed by atoms with E-state index >= 15 is 0 Å². The second kappa shape index (κ2) is 6.28. The molecule has 2 heterocycles. The fourth-order valence-electron chi connectivity index (χ4n) is 4.24. The Labute approximate surface area is 154 Å². The summed E-state index contributed by atoms with van der Waals surface area (Å²) < 4.78 is 13.3. The Hall–Kier alpha value is -3.06. The van der Waals surface area contributed by atoms with Gasteiger partial charge >= 0.3 is 5.97 Å². The van der Waals surface area contributed by atoms with Crippen LogP contribution in [0.1, 0.15) is 17.2 Å². The number of carboxylic acid groups (broad SMARTS) is 1. The number of amides is 2. The number of aliphatic carboxylic acids is 1. The van der Waals surface area contributed by atoms with Crippen LogP contribution in [0.25, 0.3) is 0 Å². The molecule has 2 fully saturated rings. The van der Waals surface area contributed by atoms with E-state index in [4.69, 9.17) is 0 Å². The van der Waals surface area contributed by atoms with Crippen LogP contribution < -0.4 is 10.6 Å². The summed E-state index contributed by atoms with van der Waals surface area (Å²) in [6.07, 6.45) is 0.0444. The quantitative estimate of drug-likeness (QED) is 0.710. The van der Waals surface area contributed by atoms with E-state index in [1.54, 1.807) is 24.3 Å². The number of nitrogens with one attached hydrogen (secondary N) is 2. The van der Waals surface area contributed by atoms with Gasteiger partial charge in [-0.05, 0) is 23.3 Å². The van der Waals surface area contributed by atoms with Crippen molar-refractivity contribution in [2.24, 2.45) is 11.8 Å². The molecule has 4 atom stereocenters. The lowest BCUT2D eigenvalue weighted by Crippen LogP contribution is -2.57. The molecule has 0 radical (unpaired) electrons. The number of hydrogen-bond acceptors (Lipinski definition) is 4. The van der Waals surface area contributed by atoms with Gasteiger partial charge in [-0.3, -0.25) is 25.0 Å². The van der Waals surface area contributed by atoms with Crippen molar-refractivity contribution >= 4 is 17.8 Å². The summed E-state index contributed by atoms with van der Waals surface area (Å²) in [4.78, 5) is 37.3. The topological polar surface area (TPSA) is 95.5 Å². The molecular formula is C20H17FN2O4. The zero-order chi connectivity index (χ0) is 19.2. The number of benzene rings is 2. The summed E-state index contributed by atoms with van der Waals surface area (Å²) in [5, 5.41) is 15.4. The highest BCUT2D eigenvalue weighted by Crippen LogP contribution is 2.47. The minimum absolute atomic E-state index is 0.0444. The Morgan fingerprint density at radius 3 is 2.33 bits per heavy atom. The summed E-state index contributed by atoms with van der Waals surface area (Å²) in [6, 6.07) is 13.7. The molecule has 138 valence electrons. The first-order valence-corrected chi connectivity index (χ1v) is 8.57. The molecule has 2 aliphatic rings. The van der Waals surface area contributed by atoms with Crippen molar-refractivity contribution in [1.29, 1.82) is 0 Å². The third-order valence-corrected chi connectivity index (χ3v) is 5.43. The molecule has 0 saturated carbocycles. The molecule has 4 unspecified atom stereocenters. The molecule has 0 bridgehead atoms. The normalized spacial score (nSPS) is 29.4. The van der Waals surface area contributed by atoms with E-state index < -0.39 is 47.0 Å². The highest BCUT2D eigenvalue weighted by molar-refractivity contribution is 6.09. The van der Waals surface area contributed by atoms with E-state index in [-0.39, 0.29) is 6.42 Å². The molecule has 2 amide bonds. The van der Waals surface area contributed by atoms with Gasteiger partial charge in [-0.25, -0.2) is 4.39 Å². The van der Waals surface area contributed by atoms with Crippen molar-refractivity contribution in [2.45, 2.75) is 18.0 Å². The van der Waals surface area contributed by atoms with Gasteiger partial charge in [0.15, 0.2) is 0 Å². The minimum Gasteiger partial charge on any atom is -0.480 e. The summed E-state index contributed by atoms with van der Waals surface area (Å²) in [5.74, 6) is -4.67. The van der Waals surface area contributed by atoms with E-state index in [9.17, 15) is 23.9 Å². The number of halogens is 1. The van der Waals surface area contributed by atoms with Gasteiger partial charge in [0.25, 0.3) is 0 Å². The van der Waals surface area contributed by atoms with Gasteiger partial charge in [0.2, 0.25) is 11.8 Å². The van der Waals surface area contributed by atoms with Crippen LogP contribution in [-0.2, 0) is 20.8 Å². The Bertz CT molecular complexity index is 915. The van der Waals surface area contributed by atoms with E-state index in [0.717, 1.165) is 5.56 Å². The van der Waals surface area contributed by atoms with E-state index in [1.165, 1.54) is 24.3 Å². The van der Waals surface area contributed by atoms with Crippen molar-refractivity contribution in [3.8, 4) is 0 Å². The van der Waals surface area contributed by atoms with Gasteiger partial charge in [0.1, 0.15) is 11.4 Å². The van der Waals surface area contributed by atoms with Crippen LogP contribution >= 0.6 is 0 Å². The molecule has 2 aromatic carbocycles. The molecule has 0 aromatic heterocycles. The molecule has 3 N–H and O–H groups in total. The maximum atomic E-state index is 13.3. The van der Waals surface area contributed by atoms with Crippen molar-refractivity contribution in [1.82, 2.24) is 10.6 Å². The standard InChI is InChI=1S/C20H17FN2O4/c21-13-8-6-12(7-9-13)16-14-15(18(25)22-17(14)24)20(23-16,19(26)27)10-11-4-2-1-3-5-11/h1-9,14-16,23H,10H2,(H,26,27)(H,22,24,25). The lowest BCUT2D eigenvalue weighted by molar-refractivity contribution is -0.149. The fraction of sp³-hybridized carbons (Fsp3) is 0.250.